The highest BCUT2D eigenvalue weighted by Crippen LogP contribution is 2.19. The van der Waals surface area contributed by atoms with E-state index in [9.17, 15) is 4.79 Å². The van der Waals surface area contributed by atoms with Crippen LogP contribution in [0.4, 0.5) is 0 Å². The number of hydrogen-bond donors (Lipinski definition) is 0. The molecule has 0 aliphatic heterocycles. The molecule has 26 heavy (non-hydrogen) atoms. The number of halogens is 1. The Bertz CT molecular complexity index is 792. The molecule has 3 aromatic carbocycles. The van der Waals surface area contributed by atoms with E-state index in [1.165, 1.54) is 5.56 Å². The Hall–Kier alpha value is -2.39. The van der Waals surface area contributed by atoms with Gasteiger partial charge in [0.05, 0.1) is 0 Å². The molecule has 0 saturated heterocycles. The first-order valence-electron chi connectivity index (χ1n) is 8.81. The minimum atomic E-state index is 0.174. The van der Waals surface area contributed by atoms with Crippen molar-refractivity contribution in [2.75, 3.05) is 0 Å². The summed E-state index contributed by atoms with van der Waals surface area (Å²) in [5, 5.41) is 0. The number of nitrogens with zero attached hydrogens (tertiary/aromatic N) is 1. The van der Waals surface area contributed by atoms with Crippen LogP contribution in [0, 0.1) is 0 Å². The van der Waals surface area contributed by atoms with Gasteiger partial charge in [0, 0.05) is 24.0 Å². The van der Waals surface area contributed by atoms with E-state index in [0.29, 0.717) is 19.5 Å². The molecule has 0 N–H and O–H groups in total. The maximum atomic E-state index is 12.9. The van der Waals surface area contributed by atoms with Crippen molar-refractivity contribution in [3.8, 4) is 0 Å². The summed E-state index contributed by atoms with van der Waals surface area (Å²) in [6, 6.07) is 28.4. The zero-order chi connectivity index (χ0) is 18.2. The van der Waals surface area contributed by atoms with Crippen LogP contribution >= 0.6 is 15.9 Å². The summed E-state index contributed by atoms with van der Waals surface area (Å²) in [4.78, 5) is 14.9. The van der Waals surface area contributed by atoms with Gasteiger partial charge in [-0.25, -0.2) is 0 Å². The Morgan fingerprint density at radius 3 is 1.77 bits per heavy atom. The molecular formula is C23H22BrNO. The Labute approximate surface area is 163 Å². The Morgan fingerprint density at radius 2 is 1.23 bits per heavy atom. The van der Waals surface area contributed by atoms with E-state index < -0.39 is 0 Å². The van der Waals surface area contributed by atoms with Crippen molar-refractivity contribution in [2.45, 2.75) is 25.9 Å². The molecule has 3 rings (SSSR count). The van der Waals surface area contributed by atoms with E-state index in [1.54, 1.807) is 0 Å². The van der Waals surface area contributed by atoms with Crippen LogP contribution in [0.1, 0.15) is 23.1 Å². The summed E-state index contributed by atoms with van der Waals surface area (Å²) < 4.78 is 1.06. The topological polar surface area (TPSA) is 20.3 Å². The zero-order valence-corrected chi connectivity index (χ0v) is 16.2. The van der Waals surface area contributed by atoms with Crippen LogP contribution in [0.5, 0.6) is 0 Å². The number of amides is 1. The first-order valence-corrected chi connectivity index (χ1v) is 9.61. The number of rotatable bonds is 7. The summed E-state index contributed by atoms with van der Waals surface area (Å²) >= 11 is 3.57. The van der Waals surface area contributed by atoms with E-state index in [0.717, 1.165) is 22.0 Å². The van der Waals surface area contributed by atoms with E-state index in [2.05, 4.69) is 46.3 Å². The van der Waals surface area contributed by atoms with Gasteiger partial charge in [-0.05, 0) is 29.2 Å². The van der Waals surface area contributed by atoms with Crippen LogP contribution in [0.3, 0.4) is 0 Å². The summed E-state index contributed by atoms with van der Waals surface area (Å²) in [6.07, 6.45) is 1.24. The van der Waals surface area contributed by atoms with Crippen LogP contribution in [0.2, 0.25) is 0 Å². The summed E-state index contributed by atoms with van der Waals surface area (Å²) in [5.74, 6) is 0.174. The van der Waals surface area contributed by atoms with Crippen LogP contribution < -0.4 is 0 Å². The number of carbonyl (C=O) groups excluding carboxylic acids is 1. The van der Waals surface area contributed by atoms with Crippen molar-refractivity contribution in [3.63, 3.8) is 0 Å². The second kappa shape index (κ2) is 9.35. The molecule has 0 atom stereocenters. The maximum absolute atomic E-state index is 12.9. The molecule has 2 nitrogen and oxygen atoms in total. The van der Waals surface area contributed by atoms with Gasteiger partial charge in [0.25, 0.3) is 0 Å². The highest BCUT2D eigenvalue weighted by Gasteiger charge is 2.15. The van der Waals surface area contributed by atoms with Gasteiger partial charge >= 0.3 is 0 Å². The predicted molar refractivity (Wildman–Crippen MR) is 110 cm³/mol. The van der Waals surface area contributed by atoms with Crippen molar-refractivity contribution < 1.29 is 4.79 Å². The standard InChI is InChI=1S/C23H22BrNO/c24-22-14-8-7-13-21(22)15-16-23(26)25(17-19-9-3-1-4-10-19)18-20-11-5-2-6-12-20/h1-14H,15-18H2. The third-order valence-electron chi connectivity index (χ3n) is 4.35. The van der Waals surface area contributed by atoms with Crippen molar-refractivity contribution in [2.24, 2.45) is 0 Å². The molecule has 0 bridgehead atoms. The molecule has 3 aromatic rings. The highest BCUT2D eigenvalue weighted by atomic mass is 79.9. The van der Waals surface area contributed by atoms with Crippen molar-refractivity contribution >= 4 is 21.8 Å². The fourth-order valence-electron chi connectivity index (χ4n) is 2.94. The molecule has 0 heterocycles. The van der Waals surface area contributed by atoms with E-state index >= 15 is 0 Å². The maximum Gasteiger partial charge on any atom is 0.223 e. The first kappa shape index (κ1) is 18.4. The van der Waals surface area contributed by atoms with Gasteiger partial charge in [-0.1, -0.05) is 94.8 Å². The highest BCUT2D eigenvalue weighted by molar-refractivity contribution is 9.10. The molecule has 0 aromatic heterocycles. The van der Waals surface area contributed by atoms with Gasteiger partial charge in [0.2, 0.25) is 5.91 Å². The fourth-order valence-corrected chi connectivity index (χ4v) is 3.42. The summed E-state index contributed by atoms with van der Waals surface area (Å²) in [7, 11) is 0. The molecule has 3 heteroatoms. The summed E-state index contributed by atoms with van der Waals surface area (Å²) in [6.45, 7) is 1.26. The number of hydrogen-bond acceptors (Lipinski definition) is 1. The molecule has 0 aliphatic rings. The lowest BCUT2D eigenvalue weighted by atomic mass is 10.1. The fraction of sp³-hybridized carbons (Fsp3) is 0.174. The van der Waals surface area contributed by atoms with Gasteiger partial charge in [0.1, 0.15) is 0 Å². The molecule has 132 valence electrons. The van der Waals surface area contributed by atoms with E-state index in [1.807, 2.05) is 59.5 Å². The average Bonchev–Trinajstić information content (AvgIpc) is 2.68. The van der Waals surface area contributed by atoms with Crippen LogP contribution in [0.25, 0.3) is 0 Å². The largest absolute Gasteiger partial charge is 0.334 e. The second-order valence-corrected chi connectivity index (χ2v) is 7.17. The number of benzene rings is 3. The minimum absolute atomic E-state index is 0.174. The number of carbonyl (C=O) groups is 1. The van der Waals surface area contributed by atoms with Gasteiger partial charge in [0.15, 0.2) is 0 Å². The lowest BCUT2D eigenvalue weighted by molar-refractivity contribution is -0.132. The molecule has 0 fully saturated rings. The molecule has 0 radical (unpaired) electrons. The quantitative estimate of drug-likeness (QED) is 0.498. The monoisotopic (exact) mass is 407 g/mol. The lowest BCUT2D eigenvalue weighted by Gasteiger charge is -2.23. The second-order valence-electron chi connectivity index (χ2n) is 6.31. The predicted octanol–water partition coefficient (Wildman–Crippen LogP) is 5.61. The Kier molecular flexibility index (Phi) is 6.62. The van der Waals surface area contributed by atoms with Crippen LogP contribution in [0.15, 0.2) is 89.4 Å². The average molecular weight is 408 g/mol. The molecule has 0 unspecified atom stereocenters. The first-order chi connectivity index (χ1) is 12.7. The van der Waals surface area contributed by atoms with Crippen LogP contribution in [-0.4, -0.2) is 10.8 Å². The lowest BCUT2D eigenvalue weighted by Crippen LogP contribution is -2.30. The summed E-state index contributed by atoms with van der Waals surface area (Å²) in [5.41, 5.74) is 3.47. The molecule has 1 amide bonds. The van der Waals surface area contributed by atoms with Crippen LogP contribution in [-0.2, 0) is 24.3 Å². The van der Waals surface area contributed by atoms with Gasteiger partial charge in [-0.2, -0.15) is 0 Å². The SMILES string of the molecule is O=C(CCc1ccccc1Br)N(Cc1ccccc1)Cc1ccccc1. The Morgan fingerprint density at radius 1 is 0.731 bits per heavy atom. The number of aryl methyl sites for hydroxylation is 1. The third kappa shape index (κ3) is 5.30. The van der Waals surface area contributed by atoms with E-state index in [4.69, 9.17) is 0 Å². The molecular weight excluding hydrogens is 386 g/mol. The molecule has 0 spiro atoms. The normalized spacial score (nSPS) is 10.5. The van der Waals surface area contributed by atoms with Crippen molar-refractivity contribution in [1.29, 1.82) is 0 Å². The van der Waals surface area contributed by atoms with Crippen molar-refractivity contribution in [3.05, 3.63) is 106 Å². The third-order valence-corrected chi connectivity index (χ3v) is 5.12. The van der Waals surface area contributed by atoms with Crippen molar-refractivity contribution in [1.82, 2.24) is 4.90 Å². The van der Waals surface area contributed by atoms with Gasteiger partial charge in [-0.3, -0.25) is 4.79 Å². The zero-order valence-electron chi connectivity index (χ0n) is 14.6. The molecule has 0 saturated carbocycles. The molecule has 0 aliphatic carbocycles. The van der Waals surface area contributed by atoms with E-state index in [-0.39, 0.29) is 5.91 Å². The van der Waals surface area contributed by atoms with Gasteiger partial charge < -0.3 is 4.90 Å². The van der Waals surface area contributed by atoms with Gasteiger partial charge in [-0.15, -0.1) is 0 Å². The smallest absolute Gasteiger partial charge is 0.223 e. The Balaban J connectivity index is 1.71. The minimum Gasteiger partial charge on any atom is -0.334 e.